The van der Waals surface area contributed by atoms with Crippen molar-refractivity contribution in [2.24, 2.45) is 0 Å². The van der Waals surface area contributed by atoms with Gasteiger partial charge in [0.15, 0.2) is 0 Å². The maximum absolute atomic E-state index is 13.5. The highest BCUT2D eigenvalue weighted by Crippen LogP contribution is 2.39. The van der Waals surface area contributed by atoms with E-state index in [0.29, 0.717) is 0 Å². The van der Waals surface area contributed by atoms with Gasteiger partial charge in [0.25, 0.3) is 20.2 Å². The first kappa shape index (κ1) is 27.1. The Labute approximate surface area is 214 Å². The van der Waals surface area contributed by atoms with Crippen molar-refractivity contribution in [2.45, 2.75) is 37.1 Å². The average molecular weight is 559 g/mol. The van der Waals surface area contributed by atoms with Gasteiger partial charge < -0.3 is 14.6 Å². The van der Waals surface area contributed by atoms with Crippen molar-refractivity contribution in [3.8, 4) is 5.75 Å². The topological polar surface area (TPSA) is 155 Å². The van der Waals surface area contributed by atoms with Gasteiger partial charge in [-0.05, 0) is 56.3 Å². The number of sulfonamides is 1. The molecule has 3 N–H and O–H groups in total. The molecule has 1 saturated heterocycles. The second-order valence-corrected chi connectivity index (χ2v) is 12.4. The molecule has 202 valence electrons. The van der Waals surface area contributed by atoms with E-state index in [0.717, 1.165) is 28.6 Å². The summed E-state index contributed by atoms with van der Waals surface area (Å²) in [6.45, 7) is 3.33. The molecule has 0 spiro atoms. The second kappa shape index (κ2) is 10.4. The van der Waals surface area contributed by atoms with Gasteiger partial charge in [0.2, 0.25) is 0 Å². The van der Waals surface area contributed by atoms with Crippen molar-refractivity contribution < 1.29 is 40.6 Å². The number of halogens is 1. The third-order valence-corrected chi connectivity index (χ3v) is 9.07. The molecule has 1 fully saturated rings. The Hall–Kier alpha value is -2.98. The molecule has 2 aromatic rings. The number of morpholine rings is 1. The number of carboxylic acid groups (broad SMARTS) is 1. The van der Waals surface area contributed by atoms with Gasteiger partial charge in [-0.1, -0.05) is 0 Å². The summed E-state index contributed by atoms with van der Waals surface area (Å²) in [6.07, 6.45) is -2.85. The minimum absolute atomic E-state index is 0.0468. The van der Waals surface area contributed by atoms with Crippen LogP contribution in [0.1, 0.15) is 13.8 Å². The highest BCUT2D eigenvalue weighted by molar-refractivity contribution is 7.92. The molecule has 2 aliphatic rings. The third-order valence-electron chi connectivity index (χ3n) is 5.76. The Balaban J connectivity index is 1.61. The molecule has 0 aliphatic carbocycles. The van der Waals surface area contributed by atoms with Crippen LogP contribution in [0.25, 0.3) is 0 Å². The van der Waals surface area contributed by atoms with E-state index < -0.39 is 38.2 Å². The van der Waals surface area contributed by atoms with E-state index in [9.17, 15) is 26.0 Å². The number of anilines is 2. The molecule has 2 aliphatic heterocycles. The molecule has 2 unspecified atom stereocenters. The Kier molecular flexibility index (Phi) is 7.62. The lowest BCUT2D eigenvalue weighted by molar-refractivity contribution is -0.0444. The Morgan fingerprint density at radius 1 is 1.05 bits per heavy atom. The lowest BCUT2D eigenvalue weighted by Gasteiger charge is -2.37. The summed E-state index contributed by atoms with van der Waals surface area (Å²) >= 11 is 0. The molecule has 3 atom stereocenters. The van der Waals surface area contributed by atoms with Gasteiger partial charge in [0.05, 0.1) is 35.9 Å². The van der Waals surface area contributed by atoms with Crippen molar-refractivity contribution >= 4 is 37.7 Å². The first-order valence-corrected chi connectivity index (χ1v) is 14.2. The summed E-state index contributed by atoms with van der Waals surface area (Å²) in [6, 6.07) is 8.30. The minimum Gasteiger partial charge on any atom is -0.485 e. The number of hydrogen-bond acceptors (Lipinski definition) is 7. The molecule has 0 aromatic heterocycles. The average Bonchev–Trinajstić information content (AvgIpc) is 2.81. The van der Waals surface area contributed by atoms with Crippen LogP contribution in [0, 0.1) is 5.82 Å². The fourth-order valence-corrected chi connectivity index (χ4v) is 7.09. The standard InChI is InChI=1S/C22H27FN4O8S2/c1-14-11-26(12-15(2)34-14)37(32,33)24-10-18-13-27(36(30,31)19-6-3-16(23)4-7-19)20-9-17(25-22(28)29)5-8-21(20)35-18/h3-9,14-15,18,24-25H,10-13H2,1-2H3,(H,28,29)/t14?,15?,18-/m0/s1. The van der Waals surface area contributed by atoms with Gasteiger partial charge >= 0.3 is 6.09 Å². The van der Waals surface area contributed by atoms with Crippen molar-refractivity contribution in [1.82, 2.24) is 9.03 Å². The summed E-state index contributed by atoms with van der Waals surface area (Å²) in [5.41, 5.74) is 0.148. The number of rotatable bonds is 7. The first-order valence-electron chi connectivity index (χ1n) is 11.3. The van der Waals surface area contributed by atoms with Gasteiger partial charge in [-0.2, -0.15) is 17.4 Å². The van der Waals surface area contributed by atoms with Crippen LogP contribution in [0.3, 0.4) is 0 Å². The minimum atomic E-state index is -4.25. The van der Waals surface area contributed by atoms with Crippen LogP contribution in [-0.2, 0) is 25.0 Å². The van der Waals surface area contributed by atoms with Crippen LogP contribution in [0.4, 0.5) is 20.6 Å². The summed E-state index contributed by atoms with van der Waals surface area (Å²) in [4.78, 5) is 10.9. The van der Waals surface area contributed by atoms with Gasteiger partial charge in [-0.3, -0.25) is 9.62 Å². The lowest BCUT2D eigenvalue weighted by atomic mass is 10.2. The highest BCUT2D eigenvalue weighted by Gasteiger charge is 2.37. The van der Waals surface area contributed by atoms with Crippen LogP contribution in [-0.4, -0.2) is 76.8 Å². The predicted octanol–water partition coefficient (Wildman–Crippen LogP) is 1.82. The van der Waals surface area contributed by atoms with E-state index in [1.165, 1.54) is 22.5 Å². The zero-order valence-electron chi connectivity index (χ0n) is 20.0. The number of benzene rings is 2. The summed E-state index contributed by atoms with van der Waals surface area (Å²) in [7, 11) is -8.17. The predicted molar refractivity (Wildman–Crippen MR) is 132 cm³/mol. The van der Waals surface area contributed by atoms with Crippen molar-refractivity contribution in [3.63, 3.8) is 0 Å². The van der Waals surface area contributed by atoms with Gasteiger partial charge in [0, 0.05) is 18.8 Å². The molecule has 12 nitrogen and oxygen atoms in total. The first-order chi connectivity index (χ1) is 17.3. The summed E-state index contributed by atoms with van der Waals surface area (Å²) < 4.78 is 82.5. The molecule has 37 heavy (non-hydrogen) atoms. The molecule has 4 rings (SSSR count). The fourth-order valence-electron chi connectivity index (χ4n) is 4.20. The van der Waals surface area contributed by atoms with Crippen LogP contribution < -0.4 is 19.1 Å². The molecular formula is C22H27FN4O8S2. The number of amides is 1. The molecule has 2 heterocycles. The quantitative estimate of drug-likeness (QED) is 0.465. The van der Waals surface area contributed by atoms with E-state index in [2.05, 4.69) is 10.0 Å². The van der Waals surface area contributed by atoms with E-state index in [4.69, 9.17) is 14.6 Å². The van der Waals surface area contributed by atoms with Crippen molar-refractivity contribution in [2.75, 3.05) is 35.8 Å². The molecule has 15 heteroatoms. The third kappa shape index (κ3) is 6.13. The molecule has 0 bridgehead atoms. The number of carbonyl (C=O) groups is 1. The smallest absolute Gasteiger partial charge is 0.409 e. The summed E-state index contributed by atoms with van der Waals surface area (Å²) in [5.74, 6) is -0.515. The fraction of sp³-hybridized carbons (Fsp3) is 0.409. The van der Waals surface area contributed by atoms with E-state index in [1.54, 1.807) is 13.8 Å². The second-order valence-electron chi connectivity index (χ2n) is 8.77. The number of ether oxygens (including phenoxy) is 2. The van der Waals surface area contributed by atoms with Gasteiger partial charge in [-0.15, -0.1) is 0 Å². The zero-order valence-corrected chi connectivity index (χ0v) is 21.6. The summed E-state index contributed by atoms with van der Waals surface area (Å²) in [5, 5.41) is 11.2. The molecular weight excluding hydrogens is 531 g/mol. The number of nitrogens with one attached hydrogen (secondary N) is 2. The van der Waals surface area contributed by atoms with Crippen molar-refractivity contribution in [1.29, 1.82) is 0 Å². The van der Waals surface area contributed by atoms with Crippen molar-refractivity contribution in [3.05, 3.63) is 48.3 Å². The van der Waals surface area contributed by atoms with Gasteiger partial charge in [0.1, 0.15) is 17.7 Å². The maximum atomic E-state index is 13.5. The Morgan fingerprint density at radius 3 is 2.32 bits per heavy atom. The number of fused-ring (bicyclic) bond motifs is 1. The SMILES string of the molecule is CC1CN(S(=O)(=O)NC[C@H]2CN(S(=O)(=O)c3ccc(F)cc3)c3cc(NC(=O)O)ccc3O2)CC(C)O1. The Morgan fingerprint density at radius 2 is 1.70 bits per heavy atom. The maximum Gasteiger partial charge on any atom is 0.409 e. The molecule has 0 radical (unpaired) electrons. The van der Waals surface area contributed by atoms with E-state index in [-0.39, 0.29) is 60.4 Å². The number of nitrogens with zero attached hydrogens (tertiary/aromatic N) is 2. The van der Waals surface area contributed by atoms with Crippen LogP contribution >= 0.6 is 0 Å². The van der Waals surface area contributed by atoms with Crippen LogP contribution in [0.15, 0.2) is 47.4 Å². The van der Waals surface area contributed by atoms with Crippen LogP contribution in [0.5, 0.6) is 5.75 Å². The Bertz CT molecular complexity index is 1360. The normalized spacial score (nSPS) is 22.7. The molecule has 0 saturated carbocycles. The van der Waals surface area contributed by atoms with Gasteiger partial charge in [-0.25, -0.2) is 17.6 Å². The highest BCUT2D eigenvalue weighted by atomic mass is 32.2. The largest absolute Gasteiger partial charge is 0.485 e. The lowest BCUT2D eigenvalue weighted by Crippen LogP contribution is -2.54. The molecule has 1 amide bonds. The van der Waals surface area contributed by atoms with E-state index in [1.807, 2.05) is 0 Å². The molecule has 2 aromatic carbocycles. The van der Waals surface area contributed by atoms with E-state index >= 15 is 0 Å². The number of hydrogen-bond donors (Lipinski definition) is 3. The zero-order chi connectivity index (χ0) is 27.0. The monoisotopic (exact) mass is 558 g/mol. The van der Waals surface area contributed by atoms with Crippen LogP contribution in [0.2, 0.25) is 0 Å².